The van der Waals surface area contributed by atoms with E-state index in [9.17, 15) is 18.0 Å². The second-order valence-corrected chi connectivity index (χ2v) is 9.44. The van der Waals surface area contributed by atoms with Gasteiger partial charge in [0.2, 0.25) is 10.0 Å². The largest absolute Gasteiger partial charge is 0.299 e. The number of nitrogens with zero attached hydrogens (tertiary/aromatic N) is 1. The molecule has 0 aliphatic heterocycles. The van der Waals surface area contributed by atoms with Crippen LogP contribution in [-0.4, -0.2) is 37.4 Å². The summed E-state index contributed by atoms with van der Waals surface area (Å²) in [6.45, 7) is 1.90. The molecule has 4 aliphatic rings. The Morgan fingerprint density at radius 2 is 1.42 bits per heavy atom. The van der Waals surface area contributed by atoms with E-state index in [2.05, 4.69) is 0 Å². The van der Waals surface area contributed by atoms with E-state index in [1.807, 2.05) is 6.92 Å². The van der Waals surface area contributed by atoms with E-state index in [4.69, 9.17) is 0 Å². The maximum atomic E-state index is 13.0. The van der Waals surface area contributed by atoms with Crippen molar-refractivity contribution in [1.82, 2.24) is 4.31 Å². The summed E-state index contributed by atoms with van der Waals surface area (Å²) in [7, 11) is -2.20. The molecule has 0 unspecified atom stereocenters. The van der Waals surface area contributed by atoms with Gasteiger partial charge in [0.25, 0.3) is 0 Å². The fourth-order valence-electron chi connectivity index (χ4n) is 4.89. The summed E-state index contributed by atoms with van der Waals surface area (Å²) >= 11 is 0. The van der Waals surface area contributed by atoms with E-state index in [1.165, 1.54) is 11.4 Å². The second kappa shape index (κ2) is 5.23. The Labute approximate surface area is 142 Å². The number of rotatable bonds is 3. The molecule has 5 nitrogen and oxygen atoms in total. The van der Waals surface area contributed by atoms with Crippen LogP contribution in [0, 0.1) is 30.6 Å². The molecule has 24 heavy (non-hydrogen) atoms. The standard InChI is InChI=1S/C18H21NO4S/c1-10-3-5-13(6-4-10)24(22,23)19(2)16-14-8-11-7-12(18(14)21)9-15(16)17(11)20/h3-6,11-12,14-16H,7-9H2,1-2H3/t11-,12-,14+,15+/m1/s1. The lowest BCUT2D eigenvalue weighted by Gasteiger charge is -2.53. The highest BCUT2D eigenvalue weighted by Gasteiger charge is 2.59. The minimum absolute atomic E-state index is 0.0387. The highest BCUT2D eigenvalue weighted by Crippen LogP contribution is 2.52. The number of hydrogen-bond acceptors (Lipinski definition) is 4. The van der Waals surface area contributed by atoms with Gasteiger partial charge in [-0.3, -0.25) is 9.59 Å². The SMILES string of the molecule is Cc1ccc(S(=O)(=O)N(C)C2[C@@H]3C[C@H]4C[C@H](C[C@@H]2C4=O)C3=O)cc1. The van der Waals surface area contributed by atoms with Crippen molar-refractivity contribution in [2.75, 3.05) is 7.05 Å². The maximum Gasteiger partial charge on any atom is 0.243 e. The lowest BCUT2D eigenvalue weighted by atomic mass is 9.53. The average Bonchev–Trinajstić information content (AvgIpc) is 2.53. The van der Waals surface area contributed by atoms with Gasteiger partial charge in [-0.2, -0.15) is 4.31 Å². The number of hydrogen-bond donors (Lipinski definition) is 0. The summed E-state index contributed by atoms with van der Waals surface area (Å²) in [5, 5.41) is 0. The zero-order chi connectivity index (χ0) is 17.2. The highest BCUT2D eigenvalue weighted by molar-refractivity contribution is 7.89. The topological polar surface area (TPSA) is 71.5 Å². The monoisotopic (exact) mass is 347 g/mol. The molecule has 1 aromatic rings. The molecule has 0 heterocycles. The Kier molecular flexibility index (Phi) is 3.48. The molecule has 128 valence electrons. The van der Waals surface area contributed by atoms with Crippen molar-refractivity contribution in [3.63, 3.8) is 0 Å². The number of ketones is 2. The van der Waals surface area contributed by atoms with E-state index >= 15 is 0 Å². The Morgan fingerprint density at radius 1 is 0.917 bits per heavy atom. The number of carbonyl (C=O) groups is 2. The zero-order valence-electron chi connectivity index (χ0n) is 13.8. The summed E-state index contributed by atoms with van der Waals surface area (Å²) < 4.78 is 27.3. The van der Waals surface area contributed by atoms with Crippen molar-refractivity contribution in [1.29, 1.82) is 0 Å². The first-order valence-electron chi connectivity index (χ1n) is 8.43. The molecule has 4 atom stereocenters. The van der Waals surface area contributed by atoms with Crippen LogP contribution < -0.4 is 0 Å². The van der Waals surface area contributed by atoms with Crippen molar-refractivity contribution in [3.8, 4) is 0 Å². The number of benzene rings is 1. The number of aryl methyl sites for hydroxylation is 1. The quantitative estimate of drug-likeness (QED) is 0.836. The van der Waals surface area contributed by atoms with Crippen LogP contribution in [0.15, 0.2) is 29.2 Å². The third-order valence-corrected chi connectivity index (χ3v) is 7.99. The van der Waals surface area contributed by atoms with Crippen molar-refractivity contribution in [2.24, 2.45) is 23.7 Å². The first-order valence-corrected chi connectivity index (χ1v) is 9.87. The molecular weight excluding hydrogens is 326 g/mol. The molecule has 0 spiro atoms. The van der Waals surface area contributed by atoms with E-state index in [0.29, 0.717) is 19.3 Å². The van der Waals surface area contributed by atoms with Gasteiger partial charge in [-0.25, -0.2) is 8.42 Å². The number of carbonyl (C=O) groups excluding carboxylic acids is 2. The second-order valence-electron chi connectivity index (χ2n) is 7.44. The van der Waals surface area contributed by atoms with Gasteiger partial charge in [-0.1, -0.05) is 17.7 Å². The normalized spacial score (nSPS) is 35.0. The summed E-state index contributed by atoms with van der Waals surface area (Å²) in [4.78, 5) is 25.4. The molecule has 1 aromatic carbocycles. The zero-order valence-corrected chi connectivity index (χ0v) is 14.6. The Morgan fingerprint density at radius 3 is 1.92 bits per heavy atom. The van der Waals surface area contributed by atoms with E-state index in [1.54, 1.807) is 24.3 Å². The van der Waals surface area contributed by atoms with Crippen LogP contribution >= 0.6 is 0 Å². The van der Waals surface area contributed by atoms with Crippen molar-refractivity contribution in [3.05, 3.63) is 29.8 Å². The molecule has 4 saturated carbocycles. The van der Waals surface area contributed by atoms with Gasteiger partial charge in [-0.15, -0.1) is 0 Å². The van der Waals surface area contributed by atoms with Crippen LogP contribution in [0.3, 0.4) is 0 Å². The van der Waals surface area contributed by atoms with E-state index < -0.39 is 16.1 Å². The van der Waals surface area contributed by atoms with Crippen molar-refractivity contribution < 1.29 is 18.0 Å². The summed E-state index contributed by atoms with van der Waals surface area (Å²) in [5.74, 6) is -0.408. The molecule has 0 saturated heterocycles. The first kappa shape index (κ1) is 16.0. The van der Waals surface area contributed by atoms with Gasteiger partial charge < -0.3 is 0 Å². The third-order valence-electron chi connectivity index (χ3n) is 6.12. The van der Waals surface area contributed by atoms with Crippen molar-refractivity contribution >= 4 is 21.6 Å². The highest BCUT2D eigenvalue weighted by atomic mass is 32.2. The third kappa shape index (κ3) is 2.12. The van der Waals surface area contributed by atoms with Gasteiger partial charge in [0.1, 0.15) is 11.6 Å². The Bertz CT molecular complexity index is 786. The fourth-order valence-corrected chi connectivity index (χ4v) is 6.32. The van der Waals surface area contributed by atoms with Gasteiger partial charge in [-0.05, 0) is 38.3 Å². The molecule has 6 heteroatoms. The van der Waals surface area contributed by atoms with Crippen molar-refractivity contribution in [2.45, 2.75) is 37.1 Å². The summed E-state index contributed by atoms with van der Waals surface area (Å²) in [6, 6.07) is 6.16. The predicted octanol–water partition coefficient (Wildman–Crippen LogP) is 1.80. The molecule has 0 N–H and O–H groups in total. The number of sulfonamides is 1. The lowest BCUT2D eigenvalue weighted by Crippen LogP contribution is -2.63. The van der Waals surface area contributed by atoms with Crippen LogP contribution in [0.1, 0.15) is 24.8 Å². The summed E-state index contributed by atoms with van der Waals surface area (Å²) in [6.07, 6.45) is 1.71. The molecule has 4 bridgehead atoms. The van der Waals surface area contributed by atoms with Gasteiger partial charge in [0.05, 0.1) is 4.90 Å². The minimum atomic E-state index is -3.72. The van der Waals surface area contributed by atoms with Crippen LogP contribution in [-0.2, 0) is 19.6 Å². The van der Waals surface area contributed by atoms with E-state index in [0.717, 1.165) is 5.56 Å². The molecule has 4 fully saturated rings. The minimum Gasteiger partial charge on any atom is -0.299 e. The molecule has 5 rings (SSSR count). The van der Waals surface area contributed by atoms with Gasteiger partial charge >= 0.3 is 0 Å². The average molecular weight is 347 g/mol. The fraction of sp³-hybridized carbons (Fsp3) is 0.556. The van der Waals surface area contributed by atoms with Gasteiger partial charge in [0, 0.05) is 36.8 Å². The number of Topliss-reactive ketones (excluding diaryl/α,β-unsaturated/α-hetero) is 2. The molecule has 0 radical (unpaired) electrons. The van der Waals surface area contributed by atoms with E-state index in [-0.39, 0.29) is 40.1 Å². The Hall–Kier alpha value is -1.53. The van der Waals surface area contributed by atoms with Crippen LogP contribution in [0.4, 0.5) is 0 Å². The van der Waals surface area contributed by atoms with Crippen LogP contribution in [0.25, 0.3) is 0 Å². The molecular formula is C18H21NO4S. The summed E-state index contributed by atoms with van der Waals surface area (Å²) in [5.41, 5.74) is 0.983. The van der Waals surface area contributed by atoms with Crippen LogP contribution in [0.2, 0.25) is 0 Å². The predicted molar refractivity (Wildman–Crippen MR) is 87.7 cm³/mol. The first-order chi connectivity index (χ1) is 11.3. The smallest absolute Gasteiger partial charge is 0.243 e. The molecule has 4 aliphatic carbocycles. The van der Waals surface area contributed by atoms with Gasteiger partial charge in [0.15, 0.2) is 0 Å². The maximum absolute atomic E-state index is 13.0. The molecule has 0 amide bonds. The van der Waals surface area contributed by atoms with Crippen LogP contribution in [0.5, 0.6) is 0 Å². The molecule has 0 aromatic heterocycles. The Balaban J connectivity index is 1.71. The lowest BCUT2D eigenvalue weighted by molar-refractivity contribution is -0.156.